The molecule has 0 spiro atoms. The van der Waals surface area contributed by atoms with Crippen molar-refractivity contribution in [2.45, 2.75) is 13.8 Å². The Morgan fingerprint density at radius 3 is 1.54 bits per heavy atom. The van der Waals surface area contributed by atoms with E-state index in [1.54, 1.807) is 0 Å². The fraction of sp³-hybridized carbons (Fsp3) is 0.222. The number of nitrogens with one attached hydrogen (secondary N) is 2. The first-order valence-electron chi connectivity index (χ1n) is 7.70. The molecule has 2 aromatic carbocycles. The van der Waals surface area contributed by atoms with Gasteiger partial charge >= 0.3 is 181 Å². The number of amides is 2. The second-order valence-electron chi connectivity index (χ2n) is 5.53. The van der Waals surface area contributed by atoms with E-state index in [0.717, 1.165) is 11.4 Å². The molecule has 138 valence electrons. The number of hydrogen-bond donors (Lipinski definition) is 2. The molecule has 2 rings (SSSR count). The van der Waals surface area contributed by atoms with E-state index in [9.17, 15) is 9.59 Å². The summed E-state index contributed by atoms with van der Waals surface area (Å²) in [7, 11) is 0. The topological polar surface area (TPSA) is 58.2 Å². The second-order valence-corrected chi connectivity index (χ2v) is 15.9. The van der Waals surface area contributed by atoms with Crippen LogP contribution in [0, 0.1) is 13.8 Å². The minimum atomic E-state index is -0.508. The molecule has 2 amide bonds. The van der Waals surface area contributed by atoms with Gasteiger partial charge in [0, 0.05) is 0 Å². The average molecular weight is 620 g/mol. The molecule has 0 saturated carbocycles. The summed E-state index contributed by atoms with van der Waals surface area (Å²) in [4.78, 5) is 23.3. The fourth-order valence-electron chi connectivity index (χ4n) is 2.06. The maximum absolute atomic E-state index is 11.7. The summed E-state index contributed by atoms with van der Waals surface area (Å²) < 4.78 is 2.43. The van der Waals surface area contributed by atoms with Crippen LogP contribution in [0.4, 0.5) is 11.4 Å². The first kappa shape index (κ1) is 21.8. The summed E-state index contributed by atoms with van der Waals surface area (Å²) in [6, 6.07) is 12.1. The quantitative estimate of drug-likeness (QED) is 0.368. The van der Waals surface area contributed by atoms with Crippen LogP contribution in [0.25, 0.3) is 0 Å². The summed E-state index contributed by atoms with van der Waals surface area (Å²) in [6.45, 7) is 4.09. The van der Waals surface area contributed by atoms with Crippen LogP contribution in [0.1, 0.15) is 11.1 Å². The van der Waals surface area contributed by atoms with Crippen LogP contribution < -0.4 is 17.9 Å². The zero-order valence-electron chi connectivity index (χ0n) is 14.3. The van der Waals surface area contributed by atoms with Crippen LogP contribution in [0.15, 0.2) is 36.4 Å². The van der Waals surface area contributed by atoms with E-state index in [0.29, 0.717) is 0 Å². The van der Waals surface area contributed by atoms with Gasteiger partial charge in [0.1, 0.15) is 0 Å². The molecule has 0 heterocycles. The van der Waals surface area contributed by atoms with Crippen LogP contribution in [0.3, 0.4) is 0 Å². The van der Waals surface area contributed by atoms with Crippen molar-refractivity contribution in [3.05, 3.63) is 47.5 Å². The van der Waals surface area contributed by atoms with Crippen LogP contribution >= 0.6 is 23.2 Å². The summed E-state index contributed by atoms with van der Waals surface area (Å²) in [5, 5.41) is 5.77. The Labute approximate surface area is 179 Å². The van der Waals surface area contributed by atoms with E-state index in [4.69, 9.17) is 23.2 Å². The summed E-state index contributed by atoms with van der Waals surface area (Å²) in [5.74, 6) is -0.514. The number of carbonyl (C=O) groups excluding carboxylic acids is 2. The number of aryl methyl sites for hydroxylation is 2. The number of benzene rings is 2. The SMILES string of the molecule is Cc1ccc(NC(=O)CCl)c([Te][Te]c2cc(C)ccc2NC(=O)CCl)c1. The molecule has 0 saturated heterocycles. The molecule has 0 radical (unpaired) electrons. The first-order valence-corrected chi connectivity index (χ1v) is 18.4. The number of hydrogen-bond acceptors (Lipinski definition) is 2. The molecule has 8 heteroatoms. The van der Waals surface area contributed by atoms with Crippen molar-refractivity contribution in [3.63, 3.8) is 0 Å². The zero-order valence-corrected chi connectivity index (χ0v) is 20.4. The maximum atomic E-state index is 11.7. The summed E-state index contributed by atoms with van der Waals surface area (Å²) in [6.07, 6.45) is 0. The second kappa shape index (κ2) is 10.8. The van der Waals surface area contributed by atoms with Crippen LogP contribution in [-0.2, 0) is 9.59 Å². The Balaban J connectivity index is 2.23. The molecule has 0 bridgehead atoms. The molecule has 0 unspecified atom stereocenters. The van der Waals surface area contributed by atoms with E-state index < -0.39 is 34.1 Å². The Morgan fingerprint density at radius 2 is 1.19 bits per heavy atom. The molecule has 2 N–H and O–H groups in total. The minimum absolute atomic E-state index is 0.0585. The van der Waals surface area contributed by atoms with E-state index in [-0.39, 0.29) is 23.6 Å². The monoisotopic (exact) mass is 624 g/mol. The summed E-state index contributed by atoms with van der Waals surface area (Å²) in [5.41, 5.74) is 4.04. The molecule has 4 nitrogen and oxygen atoms in total. The van der Waals surface area contributed by atoms with Gasteiger partial charge in [-0.3, -0.25) is 0 Å². The normalized spacial score (nSPS) is 10.5. The Bertz CT molecular complexity index is 748. The zero-order chi connectivity index (χ0) is 19.1. The first-order chi connectivity index (χ1) is 12.4. The van der Waals surface area contributed by atoms with Gasteiger partial charge in [0.15, 0.2) is 0 Å². The Hall–Kier alpha value is -0.461. The van der Waals surface area contributed by atoms with Crippen molar-refractivity contribution in [3.8, 4) is 0 Å². The third kappa shape index (κ3) is 6.61. The van der Waals surface area contributed by atoms with Crippen molar-refractivity contribution < 1.29 is 9.59 Å². The van der Waals surface area contributed by atoms with Crippen molar-refractivity contribution in [1.82, 2.24) is 0 Å². The van der Waals surface area contributed by atoms with Gasteiger partial charge < -0.3 is 0 Å². The molecule has 0 aromatic heterocycles. The van der Waals surface area contributed by atoms with Crippen molar-refractivity contribution in [2.24, 2.45) is 0 Å². The van der Waals surface area contributed by atoms with Gasteiger partial charge in [-0.25, -0.2) is 0 Å². The standard InChI is InChI=1S/C18H18Cl2N2O2Te2/c1-11-3-5-13(21-17(23)9-19)15(7-11)25-26-16-8-12(2)4-6-14(16)22-18(24)10-20/h3-8H,9-10H2,1-2H3,(H,21,23)(H,22,24). The van der Waals surface area contributed by atoms with Crippen molar-refractivity contribution in [1.29, 1.82) is 0 Å². The average Bonchev–Trinajstić information content (AvgIpc) is 2.63. The van der Waals surface area contributed by atoms with Gasteiger partial charge in [0.05, 0.1) is 0 Å². The number of carbonyl (C=O) groups is 2. The molecule has 2 aromatic rings. The Kier molecular flexibility index (Phi) is 9.04. The third-order valence-electron chi connectivity index (χ3n) is 3.29. The Morgan fingerprint density at radius 1 is 0.808 bits per heavy atom. The predicted molar refractivity (Wildman–Crippen MR) is 112 cm³/mol. The molecule has 0 aliphatic rings. The molecule has 0 aliphatic heterocycles. The molecule has 26 heavy (non-hydrogen) atoms. The van der Waals surface area contributed by atoms with Crippen LogP contribution in [0.2, 0.25) is 0 Å². The number of rotatable bonds is 7. The number of anilines is 2. The van der Waals surface area contributed by atoms with Gasteiger partial charge in [-0.1, -0.05) is 0 Å². The number of alkyl halides is 2. The van der Waals surface area contributed by atoms with Gasteiger partial charge in [-0.05, 0) is 0 Å². The van der Waals surface area contributed by atoms with E-state index in [2.05, 4.69) is 22.8 Å². The van der Waals surface area contributed by atoms with Gasteiger partial charge in [0.2, 0.25) is 0 Å². The third-order valence-corrected chi connectivity index (χ3v) is 15.4. The van der Waals surface area contributed by atoms with Gasteiger partial charge in [-0.2, -0.15) is 0 Å². The molecule has 0 fully saturated rings. The van der Waals surface area contributed by atoms with E-state index in [1.165, 1.54) is 18.3 Å². The molecule has 0 aliphatic carbocycles. The van der Waals surface area contributed by atoms with Gasteiger partial charge in [0.25, 0.3) is 0 Å². The summed E-state index contributed by atoms with van der Waals surface area (Å²) >= 11 is 10.2. The van der Waals surface area contributed by atoms with Crippen LogP contribution in [0.5, 0.6) is 0 Å². The van der Waals surface area contributed by atoms with Crippen molar-refractivity contribution >= 4 is 87.7 Å². The van der Waals surface area contributed by atoms with Gasteiger partial charge in [-0.15, -0.1) is 0 Å². The van der Waals surface area contributed by atoms with Crippen LogP contribution in [-0.4, -0.2) is 57.7 Å². The molecular weight excluding hydrogens is 602 g/mol. The van der Waals surface area contributed by atoms with E-state index >= 15 is 0 Å². The predicted octanol–water partition coefficient (Wildman–Crippen LogP) is 1.93. The molecular formula is C18H18Cl2N2O2Te2. The van der Waals surface area contributed by atoms with E-state index in [1.807, 2.05) is 38.1 Å². The van der Waals surface area contributed by atoms with Crippen molar-refractivity contribution in [2.75, 3.05) is 22.4 Å². The number of halogens is 2. The fourth-order valence-corrected chi connectivity index (χ4v) is 14.0. The molecule has 0 atom stereocenters.